The third kappa shape index (κ3) is 21.2. The van der Waals surface area contributed by atoms with Gasteiger partial charge in [-0.2, -0.15) is 35.3 Å². The highest BCUT2D eigenvalue weighted by Gasteiger charge is 2.31. The van der Waals surface area contributed by atoms with Crippen molar-refractivity contribution in [2.75, 3.05) is 87.4 Å². The zero-order chi connectivity index (χ0) is 43.4. The van der Waals surface area contributed by atoms with Gasteiger partial charge >= 0.3 is 0 Å². The first-order valence-electron chi connectivity index (χ1n) is 19.7. The van der Waals surface area contributed by atoms with Crippen LogP contribution in [-0.2, 0) is 50.2 Å². The van der Waals surface area contributed by atoms with Crippen LogP contribution in [0.5, 0.6) is 0 Å². The number of nitrogens with one attached hydrogen (secondary N) is 3. The summed E-state index contributed by atoms with van der Waals surface area (Å²) >= 11 is 4.90. The lowest BCUT2D eigenvalue weighted by molar-refractivity contribution is -0.125. The van der Waals surface area contributed by atoms with Gasteiger partial charge in [-0.25, -0.2) is 0 Å². The molecule has 338 valence electrons. The average molecular weight is 896 g/mol. The Morgan fingerprint density at radius 3 is 1.36 bits per heavy atom. The van der Waals surface area contributed by atoms with E-state index >= 15 is 0 Å². The molecule has 0 saturated carbocycles. The standard InChI is InChI=1S/C36H65N9O11S3/c1-3-11-57-14-6-31(52)37-34(2,27-55-19-29-17-44(42-40-29)9-4-12-58-15-7-32(53)38-35(21-46,22-47)23-48)28-56-20-30-18-45(43-41-30)10-5-13-59-16-8-33(54)39-36(24-49,25-50)26-51/h17-18,46-51H,3-16,19-28H2,1-2H3,(H,37,52)(H,38,53)(H,39,54). The normalized spacial score (nSPS) is 12.2. The highest BCUT2D eigenvalue weighted by Crippen LogP contribution is 2.13. The van der Waals surface area contributed by atoms with Gasteiger partial charge in [-0.1, -0.05) is 17.4 Å². The molecule has 0 bridgehead atoms. The summed E-state index contributed by atoms with van der Waals surface area (Å²) in [5.41, 5.74) is -2.43. The Kier molecular flexibility index (Phi) is 26.4. The molecule has 59 heavy (non-hydrogen) atoms. The van der Waals surface area contributed by atoms with E-state index in [0.29, 0.717) is 48.2 Å². The van der Waals surface area contributed by atoms with E-state index < -0.39 is 56.3 Å². The van der Waals surface area contributed by atoms with Crippen molar-refractivity contribution in [2.45, 2.75) is 95.3 Å². The lowest BCUT2D eigenvalue weighted by Gasteiger charge is -2.30. The minimum Gasteiger partial charge on any atom is -0.394 e. The molecule has 20 nitrogen and oxygen atoms in total. The van der Waals surface area contributed by atoms with E-state index in [-0.39, 0.29) is 57.0 Å². The minimum atomic E-state index is -1.42. The van der Waals surface area contributed by atoms with Gasteiger partial charge < -0.3 is 56.1 Å². The molecule has 0 aliphatic rings. The maximum atomic E-state index is 12.9. The number of amides is 3. The third-order valence-electron chi connectivity index (χ3n) is 8.70. The number of ether oxygens (including phenoxy) is 2. The summed E-state index contributed by atoms with van der Waals surface area (Å²) < 4.78 is 15.5. The number of rotatable bonds is 36. The van der Waals surface area contributed by atoms with Gasteiger partial charge in [-0.05, 0) is 43.4 Å². The molecule has 2 heterocycles. The van der Waals surface area contributed by atoms with Crippen molar-refractivity contribution in [3.05, 3.63) is 23.8 Å². The summed E-state index contributed by atoms with van der Waals surface area (Å²) in [5, 5.41) is 81.0. The number of carbonyl (C=O) groups is 3. The number of nitrogens with zero attached hydrogens (tertiary/aromatic N) is 6. The first kappa shape index (κ1) is 52.6. The van der Waals surface area contributed by atoms with E-state index in [4.69, 9.17) is 9.47 Å². The Morgan fingerprint density at radius 1 is 0.610 bits per heavy atom. The van der Waals surface area contributed by atoms with Crippen molar-refractivity contribution in [1.29, 1.82) is 0 Å². The Balaban J connectivity index is 1.76. The zero-order valence-corrected chi connectivity index (χ0v) is 36.7. The summed E-state index contributed by atoms with van der Waals surface area (Å²) in [4.78, 5) is 37.1. The van der Waals surface area contributed by atoms with Gasteiger partial charge in [0.15, 0.2) is 0 Å². The number of carbonyl (C=O) groups excluding carboxylic acids is 3. The van der Waals surface area contributed by atoms with E-state index in [1.54, 1.807) is 57.0 Å². The van der Waals surface area contributed by atoms with E-state index in [9.17, 15) is 45.0 Å². The number of hydrogen-bond donors (Lipinski definition) is 9. The number of aliphatic hydroxyl groups is 6. The molecule has 9 N–H and O–H groups in total. The maximum Gasteiger partial charge on any atom is 0.221 e. The van der Waals surface area contributed by atoms with Crippen molar-refractivity contribution in [3.8, 4) is 0 Å². The Bertz CT molecular complexity index is 1360. The Labute approximate surface area is 358 Å². The van der Waals surface area contributed by atoms with Crippen molar-refractivity contribution in [3.63, 3.8) is 0 Å². The second kappa shape index (κ2) is 29.6. The highest BCUT2D eigenvalue weighted by atomic mass is 32.2. The first-order chi connectivity index (χ1) is 28.4. The van der Waals surface area contributed by atoms with E-state index in [0.717, 1.165) is 36.5 Å². The fraction of sp³-hybridized carbons (Fsp3) is 0.806. The summed E-state index contributed by atoms with van der Waals surface area (Å²) in [5.74, 6) is 3.51. The first-order valence-corrected chi connectivity index (χ1v) is 23.1. The molecule has 0 spiro atoms. The fourth-order valence-electron chi connectivity index (χ4n) is 5.16. The molecule has 0 saturated heterocycles. The average Bonchev–Trinajstić information content (AvgIpc) is 3.89. The Hall–Kier alpha value is -2.58. The number of thioether (sulfide) groups is 3. The molecule has 0 aromatic carbocycles. The van der Waals surface area contributed by atoms with Crippen LogP contribution in [0.1, 0.15) is 63.8 Å². The molecule has 2 aromatic heterocycles. The van der Waals surface area contributed by atoms with E-state index in [2.05, 4.69) is 43.5 Å². The maximum absolute atomic E-state index is 12.9. The van der Waals surface area contributed by atoms with Crippen LogP contribution in [0.2, 0.25) is 0 Å². The van der Waals surface area contributed by atoms with Crippen LogP contribution in [0.3, 0.4) is 0 Å². The second-order valence-corrected chi connectivity index (χ2v) is 18.1. The lowest BCUT2D eigenvalue weighted by Crippen LogP contribution is -2.57. The van der Waals surface area contributed by atoms with Crippen molar-refractivity contribution < 1.29 is 54.5 Å². The molecule has 0 radical (unpaired) electrons. The molecular formula is C36H65N9O11S3. The molecule has 0 atom stereocenters. The van der Waals surface area contributed by atoms with Crippen LogP contribution >= 0.6 is 35.3 Å². The van der Waals surface area contributed by atoms with Crippen LogP contribution < -0.4 is 16.0 Å². The molecule has 0 aliphatic heterocycles. The number of aromatic nitrogens is 6. The molecule has 2 aromatic rings. The lowest BCUT2D eigenvalue weighted by atomic mass is 10.0. The third-order valence-corrected chi connectivity index (χ3v) is 12.0. The second-order valence-electron chi connectivity index (χ2n) is 14.4. The monoisotopic (exact) mass is 895 g/mol. The molecule has 0 fully saturated rings. The summed E-state index contributed by atoms with van der Waals surface area (Å²) in [6.07, 6.45) is 6.95. The predicted octanol–water partition coefficient (Wildman–Crippen LogP) is -1.30. The van der Waals surface area contributed by atoms with Crippen molar-refractivity contribution in [1.82, 2.24) is 45.9 Å². The highest BCUT2D eigenvalue weighted by molar-refractivity contribution is 7.99. The summed E-state index contributed by atoms with van der Waals surface area (Å²) in [6, 6.07) is 0. The number of aryl methyl sites for hydroxylation is 2. The number of hydrogen-bond acceptors (Lipinski definition) is 18. The van der Waals surface area contributed by atoms with E-state index in [1.165, 1.54) is 0 Å². The summed E-state index contributed by atoms with van der Waals surface area (Å²) in [7, 11) is 0. The van der Waals surface area contributed by atoms with Crippen LogP contribution in [0, 0.1) is 0 Å². The van der Waals surface area contributed by atoms with Crippen LogP contribution in [-0.4, -0.2) is 182 Å². The smallest absolute Gasteiger partial charge is 0.221 e. The van der Waals surface area contributed by atoms with Gasteiger partial charge in [0.25, 0.3) is 0 Å². The van der Waals surface area contributed by atoms with Gasteiger partial charge in [-0.15, -0.1) is 10.2 Å². The topological polar surface area (TPSA) is 289 Å². The van der Waals surface area contributed by atoms with E-state index in [1.807, 2.05) is 6.92 Å². The van der Waals surface area contributed by atoms with Crippen molar-refractivity contribution >= 4 is 53.0 Å². The predicted molar refractivity (Wildman–Crippen MR) is 226 cm³/mol. The zero-order valence-electron chi connectivity index (χ0n) is 34.3. The van der Waals surface area contributed by atoms with Gasteiger partial charge in [0.05, 0.1) is 84.0 Å². The van der Waals surface area contributed by atoms with Crippen LogP contribution in [0.15, 0.2) is 12.4 Å². The minimum absolute atomic E-state index is 0.0978. The molecule has 23 heteroatoms. The van der Waals surface area contributed by atoms with Gasteiger partial charge in [0.1, 0.15) is 22.5 Å². The molecule has 0 aliphatic carbocycles. The number of aliphatic hydroxyl groups excluding tert-OH is 6. The van der Waals surface area contributed by atoms with Crippen LogP contribution in [0.25, 0.3) is 0 Å². The fourth-order valence-corrected chi connectivity index (χ4v) is 7.72. The SMILES string of the molecule is CCCSCCC(=O)NC(C)(COCc1cn(CCCSCCC(=O)NC(CO)(CO)CO)nn1)COCc1cn(CCCSCCC(=O)NC(CO)(CO)CO)nn1. The molecule has 3 amide bonds. The Morgan fingerprint density at radius 2 is 0.983 bits per heavy atom. The van der Waals surface area contributed by atoms with Gasteiger partial charge in [-0.3, -0.25) is 23.7 Å². The summed E-state index contributed by atoms with van der Waals surface area (Å²) in [6.45, 7) is 2.49. The molecule has 0 unspecified atom stereocenters. The van der Waals surface area contributed by atoms with Gasteiger partial charge in [0, 0.05) is 49.6 Å². The largest absolute Gasteiger partial charge is 0.394 e. The van der Waals surface area contributed by atoms with Crippen LogP contribution in [0.4, 0.5) is 0 Å². The quantitative estimate of drug-likeness (QED) is 0.0360. The van der Waals surface area contributed by atoms with Gasteiger partial charge in [0.2, 0.25) is 17.7 Å². The van der Waals surface area contributed by atoms with Crippen molar-refractivity contribution in [2.24, 2.45) is 0 Å². The molecular weight excluding hydrogens is 831 g/mol. The molecule has 2 rings (SSSR count).